The maximum Gasteiger partial charge on any atom is 0.118 e. The minimum Gasteiger partial charge on any atom is -0.497 e. The van der Waals surface area contributed by atoms with Crippen LogP contribution < -0.4 is 4.74 Å². The van der Waals surface area contributed by atoms with Crippen LogP contribution in [-0.4, -0.2) is 17.8 Å². The van der Waals surface area contributed by atoms with E-state index in [1.165, 1.54) is 16.7 Å². The summed E-state index contributed by atoms with van der Waals surface area (Å²) in [6.45, 7) is 4.19. The molecule has 0 fully saturated rings. The number of nitrogens with one attached hydrogen (secondary N) is 1. The summed E-state index contributed by atoms with van der Waals surface area (Å²) in [5.74, 6) is 0.853. The molecule has 0 bridgehead atoms. The molecule has 4 rings (SSSR count). The maximum absolute atomic E-state index is 5.23. The average Bonchev–Trinajstić information content (AvgIpc) is 3.37. The van der Waals surface area contributed by atoms with Crippen LogP contribution in [0, 0.1) is 6.92 Å². The highest BCUT2D eigenvalue weighted by Gasteiger charge is 2.15. The smallest absolute Gasteiger partial charge is 0.118 e. The Morgan fingerprint density at radius 3 is 2.58 bits per heavy atom. The van der Waals surface area contributed by atoms with Crippen molar-refractivity contribution in [2.24, 2.45) is 4.99 Å². The molecule has 0 saturated heterocycles. The highest BCUT2D eigenvalue weighted by Crippen LogP contribution is 2.31. The zero-order valence-corrected chi connectivity index (χ0v) is 15.9. The SMILES string of the molecule is COc1ccc(C2=NC(=Cc3[nH]c(C)cc3-c3ccsc3)C(C)=C2)cc1. The van der Waals surface area contributed by atoms with Crippen molar-refractivity contribution in [1.82, 2.24) is 4.98 Å². The van der Waals surface area contributed by atoms with Gasteiger partial charge in [-0.25, -0.2) is 4.99 Å². The van der Waals surface area contributed by atoms with Gasteiger partial charge in [0.2, 0.25) is 0 Å². The van der Waals surface area contributed by atoms with Crippen LogP contribution in [-0.2, 0) is 0 Å². The number of rotatable bonds is 4. The van der Waals surface area contributed by atoms with Crippen molar-refractivity contribution in [2.75, 3.05) is 7.11 Å². The van der Waals surface area contributed by atoms with Gasteiger partial charge in [-0.15, -0.1) is 0 Å². The van der Waals surface area contributed by atoms with E-state index >= 15 is 0 Å². The molecule has 1 N–H and O–H groups in total. The minimum atomic E-state index is 0.853. The lowest BCUT2D eigenvalue weighted by Crippen LogP contribution is -1.93. The van der Waals surface area contributed by atoms with E-state index in [0.29, 0.717) is 0 Å². The largest absolute Gasteiger partial charge is 0.497 e. The lowest BCUT2D eigenvalue weighted by Gasteiger charge is -2.01. The van der Waals surface area contributed by atoms with Crippen molar-refractivity contribution in [1.29, 1.82) is 0 Å². The van der Waals surface area contributed by atoms with Gasteiger partial charge in [0.25, 0.3) is 0 Å². The van der Waals surface area contributed by atoms with Gasteiger partial charge in [-0.3, -0.25) is 0 Å². The van der Waals surface area contributed by atoms with Crippen molar-refractivity contribution >= 4 is 23.1 Å². The second-order valence-electron chi connectivity index (χ2n) is 6.37. The number of aryl methyl sites for hydroxylation is 1. The molecule has 1 aromatic carbocycles. The standard InChI is InChI=1S/C22H20N2OS/c1-14-10-21(16-4-6-18(25-3)7-5-16)24-20(14)12-22-19(11-15(2)23-22)17-8-9-26-13-17/h4-13,23H,1-3H3. The van der Waals surface area contributed by atoms with Gasteiger partial charge in [0.1, 0.15) is 5.75 Å². The summed E-state index contributed by atoms with van der Waals surface area (Å²) in [5.41, 5.74) is 8.95. The summed E-state index contributed by atoms with van der Waals surface area (Å²) in [5, 5.41) is 4.28. The molecule has 0 aliphatic carbocycles. The monoisotopic (exact) mass is 360 g/mol. The summed E-state index contributed by atoms with van der Waals surface area (Å²) in [6.07, 6.45) is 4.27. The average molecular weight is 360 g/mol. The number of benzene rings is 1. The molecule has 1 aliphatic heterocycles. The zero-order valence-electron chi connectivity index (χ0n) is 15.0. The van der Waals surface area contributed by atoms with Gasteiger partial charge in [-0.1, -0.05) is 0 Å². The fraction of sp³-hybridized carbons (Fsp3) is 0.136. The Kier molecular flexibility index (Phi) is 4.35. The first kappa shape index (κ1) is 16.6. The number of hydrogen-bond acceptors (Lipinski definition) is 3. The fourth-order valence-corrected chi connectivity index (χ4v) is 3.76. The van der Waals surface area contributed by atoms with Crippen molar-refractivity contribution in [3.63, 3.8) is 0 Å². The minimum absolute atomic E-state index is 0.853. The lowest BCUT2D eigenvalue weighted by molar-refractivity contribution is 0.415. The second-order valence-corrected chi connectivity index (χ2v) is 7.15. The number of hydrogen-bond donors (Lipinski definition) is 1. The van der Waals surface area contributed by atoms with E-state index < -0.39 is 0 Å². The van der Waals surface area contributed by atoms with Gasteiger partial charge in [0.15, 0.2) is 0 Å². The van der Waals surface area contributed by atoms with Crippen molar-refractivity contribution < 1.29 is 4.74 Å². The van der Waals surface area contributed by atoms with E-state index in [2.05, 4.69) is 53.9 Å². The summed E-state index contributed by atoms with van der Waals surface area (Å²) < 4.78 is 5.23. The number of aromatic nitrogens is 1. The van der Waals surface area contributed by atoms with E-state index in [-0.39, 0.29) is 0 Å². The Hall–Kier alpha value is -2.85. The van der Waals surface area contributed by atoms with Gasteiger partial charge in [0.05, 0.1) is 18.5 Å². The zero-order chi connectivity index (χ0) is 18.1. The Morgan fingerprint density at radius 1 is 1.08 bits per heavy atom. The van der Waals surface area contributed by atoms with E-state index in [4.69, 9.17) is 9.73 Å². The second kappa shape index (κ2) is 6.81. The maximum atomic E-state index is 5.23. The van der Waals surface area contributed by atoms with Crippen LogP contribution in [0.15, 0.2) is 69.5 Å². The van der Waals surface area contributed by atoms with Gasteiger partial charge >= 0.3 is 0 Å². The molecule has 0 amide bonds. The Morgan fingerprint density at radius 2 is 1.88 bits per heavy atom. The van der Waals surface area contributed by atoms with Crippen LogP contribution in [0.1, 0.15) is 23.9 Å². The van der Waals surface area contributed by atoms with Crippen LogP contribution in [0.3, 0.4) is 0 Å². The molecule has 0 unspecified atom stereocenters. The number of ether oxygens (including phenoxy) is 1. The Labute approximate surface area is 157 Å². The molecule has 0 atom stereocenters. The summed E-state index contributed by atoms with van der Waals surface area (Å²) in [6, 6.07) is 12.4. The van der Waals surface area contributed by atoms with Crippen LogP contribution in [0.2, 0.25) is 0 Å². The lowest BCUT2D eigenvalue weighted by atomic mass is 10.1. The molecule has 2 aromatic heterocycles. The molecule has 26 heavy (non-hydrogen) atoms. The Bertz CT molecular complexity index is 1020. The van der Waals surface area contributed by atoms with Crippen molar-refractivity contribution in [2.45, 2.75) is 13.8 Å². The van der Waals surface area contributed by atoms with E-state index in [1.807, 2.05) is 24.3 Å². The van der Waals surface area contributed by atoms with Gasteiger partial charge in [0, 0.05) is 22.5 Å². The number of aliphatic imine (C=N–C) groups is 1. The summed E-state index contributed by atoms with van der Waals surface area (Å²) >= 11 is 1.71. The van der Waals surface area contributed by atoms with Crippen LogP contribution in [0.5, 0.6) is 5.75 Å². The molecule has 0 saturated carbocycles. The van der Waals surface area contributed by atoms with Crippen LogP contribution in [0.4, 0.5) is 0 Å². The molecular weight excluding hydrogens is 340 g/mol. The van der Waals surface area contributed by atoms with Crippen LogP contribution in [0.25, 0.3) is 17.2 Å². The van der Waals surface area contributed by atoms with E-state index in [1.54, 1.807) is 18.4 Å². The quantitative estimate of drug-likeness (QED) is 0.622. The first-order chi connectivity index (χ1) is 12.6. The Balaban J connectivity index is 1.70. The predicted octanol–water partition coefficient (Wildman–Crippen LogP) is 5.85. The van der Waals surface area contributed by atoms with E-state index in [9.17, 15) is 0 Å². The molecule has 1 aliphatic rings. The van der Waals surface area contributed by atoms with Crippen LogP contribution >= 0.6 is 11.3 Å². The summed E-state index contributed by atoms with van der Waals surface area (Å²) in [4.78, 5) is 8.31. The van der Waals surface area contributed by atoms with E-state index in [0.717, 1.165) is 34.1 Å². The van der Waals surface area contributed by atoms with Crippen molar-refractivity contribution in [3.05, 3.63) is 81.5 Å². The normalized spacial score (nSPS) is 15.3. The van der Waals surface area contributed by atoms with Gasteiger partial charge in [-0.2, -0.15) is 11.3 Å². The molecule has 3 aromatic rings. The number of allylic oxidation sites excluding steroid dienone is 2. The topological polar surface area (TPSA) is 37.4 Å². The van der Waals surface area contributed by atoms with Gasteiger partial charge in [-0.05, 0) is 84.3 Å². The molecule has 130 valence electrons. The first-order valence-electron chi connectivity index (χ1n) is 8.50. The van der Waals surface area contributed by atoms with Crippen molar-refractivity contribution in [3.8, 4) is 16.9 Å². The molecule has 0 spiro atoms. The molecular formula is C22H20N2OS. The third kappa shape index (κ3) is 3.16. The number of methoxy groups -OCH3 is 1. The fourth-order valence-electron chi connectivity index (χ4n) is 3.10. The molecule has 3 heterocycles. The number of aromatic amines is 1. The first-order valence-corrected chi connectivity index (χ1v) is 9.44. The third-order valence-corrected chi connectivity index (χ3v) is 5.16. The molecule has 4 heteroatoms. The third-order valence-electron chi connectivity index (χ3n) is 4.48. The predicted molar refractivity (Wildman–Crippen MR) is 110 cm³/mol. The molecule has 0 radical (unpaired) electrons. The van der Waals surface area contributed by atoms with Gasteiger partial charge < -0.3 is 9.72 Å². The number of H-pyrrole nitrogens is 1. The highest BCUT2D eigenvalue weighted by atomic mass is 32.1. The highest BCUT2D eigenvalue weighted by molar-refractivity contribution is 7.08. The number of thiophene rings is 1. The number of nitrogens with zero attached hydrogens (tertiary/aromatic N) is 1. The summed E-state index contributed by atoms with van der Waals surface area (Å²) in [7, 11) is 1.68. The molecule has 3 nitrogen and oxygen atoms in total.